The standard InChI is InChI=1S/C16H20N2O4S2.Mg/c1-9-15(21)13(5-19)11(3-17-9)7-23-24-8-12-4-18-10(2)16(22)14(12)6-20;/h3-4,19-22H,5-8H2,1-2H3;/q;+2/p-2. The predicted molar refractivity (Wildman–Crippen MR) is 97.0 cm³/mol. The van der Waals surface area contributed by atoms with Gasteiger partial charge in [0.15, 0.2) is 0 Å². The number of pyridine rings is 2. The minimum atomic E-state index is -0.307. The minimum Gasteiger partial charge on any atom is -0.871 e. The molecule has 2 aromatic heterocycles. The average Bonchev–Trinajstić information content (AvgIpc) is 2.58. The minimum absolute atomic E-state index is 0. The number of hydrogen-bond donors (Lipinski definition) is 2. The Bertz CT molecular complexity index is 670. The van der Waals surface area contributed by atoms with Gasteiger partial charge in [-0.05, 0) is 36.1 Å². The molecular weight excluding hydrogens is 373 g/mol. The fraction of sp³-hybridized carbons (Fsp3) is 0.375. The summed E-state index contributed by atoms with van der Waals surface area (Å²) in [6.45, 7) is 2.63. The zero-order valence-electron chi connectivity index (χ0n) is 14.1. The van der Waals surface area contributed by atoms with Crippen LogP contribution in [-0.4, -0.2) is 43.2 Å². The molecule has 0 amide bonds. The molecule has 2 aromatic rings. The molecule has 25 heavy (non-hydrogen) atoms. The van der Waals surface area contributed by atoms with E-state index >= 15 is 0 Å². The molecule has 0 aromatic carbocycles. The number of hydrogen-bond acceptors (Lipinski definition) is 8. The third-order valence-electron chi connectivity index (χ3n) is 3.64. The van der Waals surface area contributed by atoms with Gasteiger partial charge in [-0.2, -0.15) is 0 Å². The van der Waals surface area contributed by atoms with Crippen molar-refractivity contribution in [1.29, 1.82) is 0 Å². The summed E-state index contributed by atoms with van der Waals surface area (Å²) in [5, 5.41) is 42.6. The Morgan fingerprint density at radius 3 is 1.52 bits per heavy atom. The molecule has 0 bridgehead atoms. The first-order valence-electron chi connectivity index (χ1n) is 7.24. The summed E-state index contributed by atoms with van der Waals surface area (Å²) in [4.78, 5) is 8.08. The first kappa shape index (κ1) is 22.3. The zero-order chi connectivity index (χ0) is 17.7. The Morgan fingerprint density at radius 1 is 0.840 bits per heavy atom. The van der Waals surface area contributed by atoms with Crippen LogP contribution in [0.25, 0.3) is 0 Å². The Hall–Kier alpha value is -0.714. The van der Waals surface area contributed by atoms with Crippen molar-refractivity contribution in [3.8, 4) is 11.5 Å². The molecule has 0 saturated heterocycles. The van der Waals surface area contributed by atoms with E-state index in [2.05, 4.69) is 9.97 Å². The van der Waals surface area contributed by atoms with Crippen LogP contribution in [0.2, 0.25) is 0 Å². The second-order valence-corrected chi connectivity index (χ2v) is 7.66. The van der Waals surface area contributed by atoms with E-state index in [0.29, 0.717) is 45.1 Å². The normalized spacial score (nSPS) is 10.6. The molecule has 0 atom stereocenters. The first-order chi connectivity index (χ1) is 11.5. The molecule has 2 rings (SSSR count). The Morgan fingerprint density at radius 2 is 1.20 bits per heavy atom. The fourth-order valence-corrected chi connectivity index (χ4v) is 4.34. The Balaban J connectivity index is 0.00000312. The van der Waals surface area contributed by atoms with Gasteiger partial charge in [0.05, 0.1) is 13.2 Å². The van der Waals surface area contributed by atoms with E-state index in [1.54, 1.807) is 26.2 Å². The third kappa shape index (κ3) is 5.38. The van der Waals surface area contributed by atoms with E-state index in [-0.39, 0.29) is 47.8 Å². The molecule has 0 radical (unpaired) electrons. The van der Waals surface area contributed by atoms with Gasteiger partial charge in [0.1, 0.15) is 0 Å². The Kier molecular flexibility index (Phi) is 9.32. The van der Waals surface area contributed by atoms with Crippen molar-refractivity contribution >= 4 is 44.6 Å². The molecule has 0 aliphatic heterocycles. The third-order valence-corrected chi connectivity index (χ3v) is 5.87. The number of aryl methyl sites for hydroxylation is 2. The molecule has 130 valence electrons. The summed E-state index contributed by atoms with van der Waals surface area (Å²) >= 11 is 0. The van der Waals surface area contributed by atoms with E-state index in [1.807, 2.05) is 0 Å². The van der Waals surface area contributed by atoms with Crippen LogP contribution in [-0.2, 0) is 24.7 Å². The van der Waals surface area contributed by atoms with Crippen molar-refractivity contribution < 1.29 is 20.4 Å². The summed E-state index contributed by atoms with van der Waals surface area (Å²) in [6, 6.07) is 0. The van der Waals surface area contributed by atoms with Gasteiger partial charge >= 0.3 is 23.1 Å². The van der Waals surface area contributed by atoms with Crippen LogP contribution in [0, 0.1) is 13.8 Å². The predicted octanol–water partition coefficient (Wildman–Crippen LogP) is 0.926. The SMILES string of the molecule is Cc1ncc(CSSCc2cnc(C)c([O-])c2CO)c(CO)c1[O-].[Mg+2]. The van der Waals surface area contributed by atoms with Crippen molar-refractivity contribution in [2.24, 2.45) is 0 Å². The molecule has 9 heteroatoms. The number of rotatable bonds is 7. The second-order valence-electron chi connectivity index (χ2n) is 5.19. The van der Waals surface area contributed by atoms with E-state index in [1.165, 1.54) is 21.6 Å². The van der Waals surface area contributed by atoms with Gasteiger partial charge in [0, 0.05) is 35.3 Å². The first-order valence-corrected chi connectivity index (χ1v) is 9.73. The summed E-state index contributed by atoms with van der Waals surface area (Å²) in [7, 11) is 2.98. The molecule has 0 unspecified atom stereocenters. The number of aliphatic hydroxyl groups is 2. The van der Waals surface area contributed by atoms with Crippen LogP contribution in [0.3, 0.4) is 0 Å². The second kappa shape index (κ2) is 10.4. The number of nitrogens with zero attached hydrogens (tertiary/aromatic N) is 2. The van der Waals surface area contributed by atoms with Crippen LogP contribution in [0.4, 0.5) is 0 Å². The number of aromatic nitrogens is 2. The van der Waals surface area contributed by atoms with Gasteiger partial charge in [-0.15, -0.1) is 0 Å². The molecule has 0 fully saturated rings. The molecular formula is C16H18MgN2O4S2. The maximum absolute atomic E-state index is 11.9. The van der Waals surface area contributed by atoms with Gasteiger partial charge in [0.2, 0.25) is 0 Å². The molecule has 0 aliphatic carbocycles. The van der Waals surface area contributed by atoms with Gasteiger partial charge in [0.25, 0.3) is 0 Å². The maximum atomic E-state index is 11.9. The van der Waals surface area contributed by atoms with E-state index in [0.717, 1.165) is 0 Å². The summed E-state index contributed by atoms with van der Waals surface area (Å²) in [6.07, 6.45) is 3.22. The van der Waals surface area contributed by atoms with Crippen molar-refractivity contribution in [2.75, 3.05) is 0 Å². The van der Waals surface area contributed by atoms with Crippen molar-refractivity contribution in [1.82, 2.24) is 9.97 Å². The molecule has 0 saturated carbocycles. The summed E-state index contributed by atoms with van der Waals surface area (Å²) < 4.78 is 0. The monoisotopic (exact) mass is 390 g/mol. The molecule has 0 aliphatic rings. The molecule has 2 heterocycles. The summed E-state index contributed by atoms with van der Waals surface area (Å²) in [5.74, 6) is 0.589. The van der Waals surface area contributed by atoms with Gasteiger partial charge in [-0.1, -0.05) is 33.1 Å². The Labute approximate surface area is 170 Å². The largest absolute Gasteiger partial charge is 2.00 e. The van der Waals surface area contributed by atoms with Gasteiger partial charge < -0.3 is 20.4 Å². The van der Waals surface area contributed by atoms with Crippen LogP contribution in [0.15, 0.2) is 12.4 Å². The van der Waals surface area contributed by atoms with Crippen LogP contribution in [0.1, 0.15) is 33.6 Å². The molecule has 0 spiro atoms. The van der Waals surface area contributed by atoms with E-state index in [9.17, 15) is 20.4 Å². The fourth-order valence-electron chi connectivity index (χ4n) is 2.16. The topological polar surface area (TPSA) is 112 Å². The van der Waals surface area contributed by atoms with Crippen LogP contribution in [0.5, 0.6) is 11.5 Å². The van der Waals surface area contributed by atoms with Gasteiger partial charge in [-0.25, -0.2) is 0 Å². The van der Waals surface area contributed by atoms with Crippen molar-refractivity contribution in [3.05, 3.63) is 46.0 Å². The summed E-state index contributed by atoms with van der Waals surface area (Å²) in [5.41, 5.74) is 2.93. The maximum Gasteiger partial charge on any atom is 2.00 e. The number of aliphatic hydroxyl groups excluding tert-OH is 2. The van der Waals surface area contributed by atoms with E-state index < -0.39 is 0 Å². The van der Waals surface area contributed by atoms with Gasteiger partial charge in [-0.3, -0.25) is 9.97 Å². The quantitative estimate of drug-likeness (QED) is 0.408. The van der Waals surface area contributed by atoms with Crippen molar-refractivity contribution in [2.45, 2.75) is 38.6 Å². The molecule has 6 nitrogen and oxygen atoms in total. The van der Waals surface area contributed by atoms with Crippen molar-refractivity contribution in [3.63, 3.8) is 0 Å². The van der Waals surface area contributed by atoms with Crippen LogP contribution >= 0.6 is 21.6 Å². The average molecular weight is 391 g/mol. The molecule has 2 N–H and O–H groups in total. The van der Waals surface area contributed by atoms with Crippen LogP contribution < -0.4 is 10.2 Å². The zero-order valence-corrected chi connectivity index (χ0v) is 17.2. The van der Waals surface area contributed by atoms with E-state index in [4.69, 9.17) is 0 Å². The smallest absolute Gasteiger partial charge is 0.871 e.